The van der Waals surface area contributed by atoms with E-state index >= 15 is 0 Å². The number of rotatable bonds is 11. The summed E-state index contributed by atoms with van der Waals surface area (Å²) >= 11 is 1.13. The Morgan fingerprint density at radius 2 is 2.03 bits per heavy atom. The molecule has 0 fully saturated rings. The van der Waals surface area contributed by atoms with Crippen LogP contribution in [-0.4, -0.2) is 72.6 Å². The number of aromatic amines is 1. The van der Waals surface area contributed by atoms with Gasteiger partial charge in [-0.2, -0.15) is 0 Å². The number of ether oxygens (including phenoxy) is 3. The molecule has 0 spiro atoms. The van der Waals surface area contributed by atoms with Crippen LogP contribution in [0, 0.1) is 6.92 Å². The van der Waals surface area contributed by atoms with Gasteiger partial charge in [0.25, 0.3) is 5.56 Å². The lowest BCUT2D eigenvalue weighted by Crippen LogP contribution is -2.38. The van der Waals surface area contributed by atoms with Crippen molar-refractivity contribution in [2.45, 2.75) is 19.6 Å². The second-order valence-electron chi connectivity index (χ2n) is 7.25. The van der Waals surface area contributed by atoms with Crippen LogP contribution in [0.3, 0.4) is 0 Å². The van der Waals surface area contributed by atoms with Gasteiger partial charge in [-0.1, -0.05) is 18.2 Å². The molecule has 0 aliphatic rings. The maximum atomic E-state index is 12.7. The summed E-state index contributed by atoms with van der Waals surface area (Å²) in [6.07, 6.45) is -0.752. The fourth-order valence-corrected chi connectivity index (χ4v) is 4.40. The van der Waals surface area contributed by atoms with Gasteiger partial charge in [0.1, 0.15) is 34.0 Å². The van der Waals surface area contributed by atoms with E-state index in [-0.39, 0.29) is 12.2 Å². The number of methoxy groups -OCH3 is 2. The average Bonchev–Trinajstić information content (AvgIpc) is 3.12. The summed E-state index contributed by atoms with van der Waals surface area (Å²) < 4.78 is 15.6. The number of hydrogen-bond acceptors (Lipinski definition) is 9. The maximum absolute atomic E-state index is 12.7. The van der Waals surface area contributed by atoms with Crippen molar-refractivity contribution in [3.63, 3.8) is 0 Å². The predicted octanol–water partition coefficient (Wildman–Crippen LogP) is 1.97. The van der Waals surface area contributed by atoms with E-state index in [0.717, 1.165) is 11.3 Å². The molecular formula is C22H27N3O6S. The smallest absolute Gasteiger partial charge is 0.348 e. The van der Waals surface area contributed by atoms with Crippen LogP contribution in [0.4, 0.5) is 0 Å². The highest BCUT2D eigenvalue weighted by molar-refractivity contribution is 7.20. The van der Waals surface area contributed by atoms with E-state index in [1.165, 1.54) is 7.11 Å². The first-order valence-electron chi connectivity index (χ1n) is 10.1. The number of carbonyl (C=O) groups is 1. The lowest BCUT2D eigenvalue weighted by molar-refractivity contribution is 0.0533. The van der Waals surface area contributed by atoms with Gasteiger partial charge in [-0.25, -0.2) is 9.78 Å². The van der Waals surface area contributed by atoms with Crippen molar-refractivity contribution in [3.8, 4) is 5.75 Å². The van der Waals surface area contributed by atoms with E-state index in [0.29, 0.717) is 58.5 Å². The minimum Gasteiger partial charge on any atom is -0.491 e. The highest BCUT2D eigenvalue weighted by atomic mass is 32.1. The third-order valence-electron chi connectivity index (χ3n) is 4.86. The quantitative estimate of drug-likeness (QED) is 0.417. The van der Waals surface area contributed by atoms with Gasteiger partial charge in [0.2, 0.25) is 0 Å². The molecule has 10 heteroatoms. The summed E-state index contributed by atoms with van der Waals surface area (Å²) in [5, 5.41) is 10.9. The first-order valence-corrected chi connectivity index (χ1v) is 10.9. The number of para-hydroxylation sites is 1. The Hall–Kier alpha value is -2.79. The van der Waals surface area contributed by atoms with Crippen LogP contribution < -0.4 is 10.3 Å². The number of aliphatic hydroxyl groups is 1. The average molecular weight is 462 g/mol. The summed E-state index contributed by atoms with van der Waals surface area (Å²) in [5.74, 6) is 0.628. The number of fused-ring (bicyclic) bond motifs is 1. The Morgan fingerprint density at radius 1 is 1.28 bits per heavy atom. The predicted molar refractivity (Wildman–Crippen MR) is 121 cm³/mol. The van der Waals surface area contributed by atoms with Gasteiger partial charge in [0, 0.05) is 20.2 Å². The summed E-state index contributed by atoms with van der Waals surface area (Å²) in [4.78, 5) is 34.7. The van der Waals surface area contributed by atoms with E-state index in [2.05, 4.69) is 9.97 Å². The summed E-state index contributed by atoms with van der Waals surface area (Å²) in [6.45, 7) is 3.40. The Labute approximate surface area is 189 Å². The number of carbonyl (C=O) groups excluding carboxylic acids is 1. The molecule has 1 atom stereocenters. The lowest BCUT2D eigenvalue weighted by Gasteiger charge is -2.24. The number of aliphatic hydroxyl groups excluding tert-OH is 1. The van der Waals surface area contributed by atoms with Crippen molar-refractivity contribution in [1.29, 1.82) is 0 Å². The van der Waals surface area contributed by atoms with Crippen LogP contribution in [0.1, 0.15) is 21.1 Å². The molecule has 32 heavy (non-hydrogen) atoms. The number of benzene rings is 1. The fraction of sp³-hybridized carbons (Fsp3) is 0.409. The van der Waals surface area contributed by atoms with Crippen molar-refractivity contribution in [3.05, 3.63) is 57.0 Å². The second kappa shape index (κ2) is 11.2. The minimum absolute atomic E-state index is 0.128. The highest BCUT2D eigenvalue weighted by Gasteiger charge is 2.21. The van der Waals surface area contributed by atoms with Crippen LogP contribution >= 0.6 is 11.3 Å². The minimum atomic E-state index is -0.752. The molecule has 2 aromatic heterocycles. The Bertz CT molecular complexity index is 1100. The summed E-state index contributed by atoms with van der Waals surface area (Å²) in [6, 6.07) is 9.27. The molecule has 0 saturated carbocycles. The SMILES string of the molecule is COCCN(Cc1nc2sc(C(=O)OC)c(C)c2c(=O)[nH]1)CC(O)COc1ccccc1. The molecule has 1 aromatic carbocycles. The third-order valence-corrected chi connectivity index (χ3v) is 6.03. The molecular weight excluding hydrogens is 434 g/mol. The Morgan fingerprint density at radius 3 is 2.72 bits per heavy atom. The molecule has 0 aliphatic heterocycles. The Balaban J connectivity index is 1.74. The van der Waals surface area contributed by atoms with Crippen LogP contribution in [-0.2, 0) is 16.0 Å². The van der Waals surface area contributed by atoms with E-state index in [1.54, 1.807) is 14.0 Å². The van der Waals surface area contributed by atoms with Crippen molar-refractivity contribution >= 4 is 27.5 Å². The van der Waals surface area contributed by atoms with E-state index in [9.17, 15) is 14.7 Å². The molecule has 0 bridgehead atoms. The molecule has 0 radical (unpaired) electrons. The molecule has 2 N–H and O–H groups in total. The van der Waals surface area contributed by atoms with E-state index in [4.69, 9.17) is 14.2 Å². The summed E-state index contributed by atoms with van der Waals surface area (Å²) in [7, 11) is 2.90. The van der Waals surface area contributed by atoms with Crippen molar-refractivity contribution in [2.75, 3.05) is 40.5 Å². The van der Waals surface area contributed by atoms with Gasteiger partial charge in [-0.05, 0) is 24.6 Å². The number of thiophene rings is 1. The lowest BCUT2D eigenvalue weighted by atomic mass is 10.2. The number of nitrogens with one attached hydrogen (secondary N) is 1. The standard InChI is InChI=1S/C22H27N3O6S/c1-14-18-20(27)23-17(24-21(18)32-19(14)22(28)30-3)12-25(9-10-29-2)11-15(26)13-31-16-7-5-4-6-8-16/h4-8,15,26H,9-13H2,1-3H3,(H,23,24,27). The van der Waals surface area contributed by atoms with Crippen LogP contribution in [0.15, 0.2) is 35.1 Å². The maximum Gasteiger partial charge on any atom is 0.348 e. The van der Waals surface area contributed by atoms with Gasteiger partial charge in [0.15, 0.2) is 0 Å². The Kier molecular flexibility index (Phi) is 8.34. The van der Waals surface area contributed by atoms with E-state index in [1.807, 2.05) is 35.2 Å². The van der Waals surface area contributed by atoms with E-state index < -0.39 is 12.1 Å². The van der Waals surface area contributed by atoms with Crippen molar-refractivity contribution in [2.24, 2.45) is 0 Å². The van der Waals surface area contributed by atoms with Crippen LogP contribution in [0.5, 0.6) is 5.75 Å². The number of hydrogen-bond donors (Lipinski definition) is 2. The van der Waals surface area contributed by atoms with Crippen LogP contribution in [0.25, 0.3) is 10.2 Å². The zero-order chi connectivity index (χ0) is 23.1. The van der Waals surface area contributed by atoms with Crippen molar-refractivity contribution < 1.29 is 24.1 Å². The number of aromatic nitrogens is 2. The first-order chi connectivity index (χ1) is 15.4. The monoisotopic (exact) mass is 461 g/mol. The molecule has 2 heterocycles. The number of nitrogens with zero attached hydrogens (tertiary/aromatic N) is 2. The van der Waals surface area contributed by atoms with Gasteiger partial charge < -0.3 is 24.3 Å². The number of aryl methyl sites for hydroxylation is 1. The zero-order valence-electron chi connectivity index (χ0n) is 18.3. The van der Waals surface area contributed by atoms with Gasteiger partial charge in [-0.15, -0.1) is 11.3 Å². The highest BCUT2D eigenvalue weighted by Crippen LogP contribution is 2.27. The van der Waals surface area contributed by atoms with Gasteiger partial charge in [0.05, 0.1) is 25.6 Å². The first kappa shape index (κ1) is 23.9. The molecule has 3 rings (SSSR count). The zero-order valence-corrected chi connectivity index (χ0v) is 19.1. The molecule has 9 nitrogen and oxygen atoms in total. The topological polar surface area (TPSA) is 114 Å². The van der Waals surface area contributed by atoms with Crippen LogP contribution in [0.2, 0.25) is 0 Å². The molecule has 0 amide bonds. The molecule has 3 aromatic rings. The molecule has 1 unspecified atom stereocenters. The number of H-pyrrole nitrogens is 1. The fourth-order valence-electron chi connectivity index (χ4n) is 3.28. The molecule has 172 valence electrons. The van der Waals surface area contributed by atoms with Gasteiger partial charge in [-0.3, -0.25) is 9.69 Å². The second-order valence-corrected chi connectivity index (χ2v) is 8.25. The third kappa shape index (κ3) is 5.92. The summed E-state index contributed by atoms with van der Waals surface area (Å²) in [5.41, 5.74) is 0.246. The normalized spacial score (nSPS) is 12.3. The van der Waals surface area contributed by atoms with Gasteiger partial charge >= 0.3 is 5.97 Å². The molecule has 0 aliphatic carbocycles. The molecule has 0 saturated heterocycles. The van der Waals surface area contributed by atoms with Crippen molar-refractivity contribution in [1.82, 2.24) is 14.9 Å². The largest absolute Gasteiger partial charge is 0.491 e. The number of esters is 1.